The summed E-state index contributed by atoms with van der Waals surface area (Å²) in [6.07, 6.45) is -3.35. The van der Waals surface area contributed by atoms with E-state index in [-0.39, 0.29) is 10.7 Å². The lowest BCUT2D eigenvalue weighted by Gasteiger charge is -2.25. The van der Waals surface area contributed by atoms with Crippen molar-refractivity contribution in [2.24, 2.45) is 0 Å². The molecule has 1 heterocycles. The van der Waals surface area contributed by atoms with Gasteiger partial charge in [-0.15, -0.1) is 0 Å². The molecule has 0 aliphatic heterocycles. The monoisotopic (exact) mass is 418 g/mol. The molecule has 0 unspecified atom stereocenters. The topological polar surface area (TPSA) is 70.8 Å². The van der Waals surface area contributed by atoms with Crippen molar-refractivity contribution in [1.29, 1.82) is 0 Å². The summed E-state index contributed by atoms with van der Waals surface area (Å²) < 4.78 is 69.7. The minimum absolute atomic E-state index is 0.0284. The third-order valence-electron chi connectivity index (χ3n) is 4.19. The van der Waals surface area contributed by atoms with Crippen molar-refractivity contribution in [1.82, 2.24) is 9.21 Å². The highest BCUT2D eigenvalue weighted by Gasteiger charge is 2.34. The lowest BCUT2D eigenvalue weighted by Crippen LogP contribution is -2.44. The Balaban J connectivity index is 2.19. The third-order valence-corrected chi connectivity index (χ3v) is 5.99. The number of hydrogen-bond donors (Lipinski definition) is 0. The third kappa shape index (κ3) is 5.59. The smallest absolute Gasteiger partial charge is 0.406 e. The lowest BCUT2D eigenvalue weighted by atomic mass is 10.1. The fraction of sp³-hybridized carbons (Fsp3) is 0.389. The molecule has 1 aromatic heterocycles. The van der Waals surface area contributed by atoms with Crippen molar-refractivity contribution in [3.05, 3.63) is 53.5 Å². The van der Waals surface area contributed by atoms with E-state index in [0.29, 0.717) is 4.90 Å². The summed E-state index contributed by atoms with van der Waals surface area (Å²) in [5.74, 6) is -0.819. The number of carbonyl (C=O) groups excluding carboxylic acids is 1. The second-order valence-corrected chi connectivity index (χ2v) is 8.50. The van der Waals surface area contributed by atoms with Gasteiger partial charge in [-0.25, -0.2) is 8.42 Å². The van der Waals surface area contributed by atoms with E-state index in [9.17, 15) is 26.4 Å². The number of benzene rings is 1. The standard InChI is InChI=1S/C18H21F3N2O4S/c1-13-6-7-16(9-14(13)2)28(25,26)22(3)11-17(24)23(12-18(19,20)21)10-15-5-4-8-27-15/h4-9H,10-12H2,1-3H3. The highest BCUT2D eigenvalue weighted by Crippen LogP contribution is 2.21. The van der Waals surface area contributed by atoms with Gasteiger partial charge in [-0.05, 0) is 49.2 Å². The van der Waals surface area contributed by atoms with Crippen LogP contribution in [0.4, 0.5) is 13.2 Å². The molecule has 154 valence electrons. The Labute approximate surface area is 161 Å². The summed E-state index contributed by atoms with van der Waals surface area (Å²) in [4.78, 5) is 12.9. The number of likely N-dealkylation sites (N-methyl/N-ethyl adjacent to an activating group) is 1. The molecule has 0 spiro atoms. The maximum Gasteiger partial charge on any atom is 0.406 e. The molecular weight excluding hydrogens is 397 g/mol. The summed E-state index contributed by atoms with van der Waals surface area (Å²) in [7, 11) is -2.88. The van der Waals surface area contributed by atoms with Crippen LogP contribution in [0.2, 0.25) is 0 Å². The van der Waals surface area contributed by atoms with Crippen molar-refractivity contribution >= 4 is 15.9 Å². The second kappa shape index (κ2) is 8.36. The zero-order valence-corrected chi connectivity index (χ0v) is 16.5. The molecule has 6 nitrogen and oxygen atoms in total. The quantitative estimate of drug-likeness (QED) is 0.693. The van der Waals surface area contributed by atoms with Gasteiger partial charge in [0.1, 0.15) is 12.3 Å². The molecule has 2 aromatic rings. The molecule has 28 heavy (non-hydrogen) atoms. The van der Waals surface area contributed by atoms with Crippen molar-refractivity contribution in [2.75, 3.05) is 20.1 Å². The molecule has 0 aliphatic rings. The summed E-state index contributed by atoms with van der Waals surface area (Å²) in [6, 6.07) is 7.41. The Morgan fingerprint density at radius 3 is 2.36 bits per heavy atom. The predicted molar refractivity (Wildman–Crippen MR) is 95.9 cm³/mol. The predicted octanol–water partition coefficient (Wildman–Crippen LogP) is 3.11. The van der Waals surface area contributed by atoms with Crippen LogP contribution in [-0.4, -0.2) is 49.8 Å². The summed E-state index contributed by atoms with van der Waals surface area (Å²) >= 11 is 0. The van der Waals surface area contributed by atoms with E-state index >= 15 is 0 Å². The van der Waals surface area contributed by atoms with Crippen molar-refractivity contribution in [3.8, 4) is 0 Å². The zero-order chi connectivity index (χ0) is 21.1. The van der Waals surface area contributed by atoms with E-state index in [1.165, 1.54) is 30.5 Å². The number of amides is 1. The maximum atomic E-state index is 12.9. The molecule has 1 aromatic carbocycles. The zero-order valence-electron chi connectivity index (χ0n) is 15.7. The van der Waals surface area contributed by atoms with Crippen LogP contribution in [0.1, 0.15) is 16.9 Å². The first kappa shape index (κ1) is 22.0. The number of rotatable bonds is 7. The SMILES string of the molecule is Cc1ccc(S(=O)(=O)N(C)CC(=O)N(Cc2ccco2)CC(F)(F)F)cc1C. The van der Waals surface area contributed by atoms with Crippen LogP contribution < -0.4 is 0 Å². The second-order valence-electron chi connectivity index (χ2n) is 6.45. The summed E-state index contributed by atoms with van der Waals surface area (Å²) in [6.45, 7) is 0.912. The van der Waals surface area contributed by atoms with Crippen molar-refractivity contribution in [2.45, 2.75) is 31.5 Å². The maximum absolute atomic E-state index is 12.9. The average Bonchev–Trinajstić information content (AvgIpc) is 3.08. The first-order valence-corrected chi connectivity index (χ1v) is 9.74. The molecule has 0 N–H and O–H groups in total. The van der Waals surface area contributed by atoms with Gasteiger partial charge in [0.05, 0.1) is 24.2 Å². The van der Waals surface area contributed by atoms with Crippen LogP contribution in [-0.2, 0) is 21.4 Å². The number of aryl methyl sites for hydroxylation is 2. The number of hydrogen-bond acceptors (Lipinski definition) is 4. The van der Waals surface area contributed by atoms with Gasteiger partial charge in [0.15, 0.2) is 0 Å². The Bertz CT molecular complexity index is 925. The van der Waals surface area contributed by atoms with E-state index in [0.717, 1.165) is 22.5 Å². The minimum Gasteiger partial charge on any atom is -0.467 e. The normalized spacial score (nSPS) is 12.4. The highest BCUT2D eigenvalue weighted by atomic mass is 32.2. The van der Waals surface area contributed by atoms with Gasteiger partial charge in [-0.2, -0.15) is 17.5 Å². The number of nitrogens with zero attached hydrogens (tertiary/aromatic N) is 2. The fourth-order valence-corrected chi connectivity index (χ4v) is 3.68. The van der Waals surface area contributed by atoms with E-state index in [1.807, 2.05) is 6.92 Å². The van der Waals surface area contributed by atoms with E-state index < -0.39 is 41.7 Å². The molecule has 0 saturated carbocycles. The number of carbonyl (C=O) groups is 1. The van der Waals surface area contributed by atoms with E-state index in [2.05, 4.69) is 0 Å². The van der Waals surface area contributed by atoms with Crippen LogP contribution in [0.25, 0.3) is 0 Å². The van der Waals surface area contributed by atoms with Gasteiger partial charge >= 0.3 is 6.18 Å². The van der Waals surface area contributed by atoms with Crippen LogP contribution in [0.5, 0.6) is 0 Å². The molecular formula is C18H21F3N2O4S. The molecule has 0 aliphatic carbocycles. The van der Waals surface area contributed by atoms with Gasteiger partial charge in [0.25, 0.3) is 0 Å². The number of halogens is 3. The number of sulfonamides is 1. The van der Waals surface area contributed by atoms with Gasteiger partial charge < -0.3 is 9.32 Å². The van der Waals surface area contributed by atoms with Gasteiger partial charge in [0, 0.05) is 7.05 Å². The van der Waals surface area contributed by atoms with Crippen LogP contribution in [0.3, 0.4) is 0 Å². The minimum atomic E-state index is -4.63. The van der Waals surface area contributed by atoms with Gasteiger partial charge in [-0.3, -0.25) is 4.79 Å². The number of alkyl halides is 3. The number of furan rings is 1. The van der Waals surface area contributed by atoms with Crippen LogP contribution in [0, 0.1) is 13.8 Å². The Kier molecular flexibility index (Phi) is 6.56. The molecule has 1 amide bonds. The Morgan fingerprint density at radius 1 is 1.14 bits per heavy atom. The highest BCUT2D eigenvalue weighted by molar-refractivity contribution is 7.89. The first-order valence-electron chi connectivity index (χ1n) is 8.30. The largest absolute Gasteiger partial charge is 0.467 e. The van der Waals surface area contributed by atoms with Crippen molar-refractivity contribution < 1.29 is 30.8 Å². The first-order chi connectivity index (χ1) is 12.9. The van der Waals surface area contributed by atoms with Gasteiger partial charge in [-0.1, -0.05) is 6.07 Å². The Morgan fingerprint density at radius 2 is 1.82 bits per heavy atom. The molecule has 0 atom stereocenters. The van der Waals surface area contributed by atoms with Crippen LogP contribution >= 0.6 is 0 Å². The Hall–Kier alpha value is -2.33. The molecule has 10 heteroatoms. The van der Waals surface area contributed by atoms with E-state index in [4.69, 9.17) is 4.42 Å². The van der Waals surface area contributed by atoms with Gasteiger partial charge in [0.2, 0.25) is 15.9 Å². The fourth-order valence-electron chi connectivity index (χ4n) is 2.47. The lowest BCUT2D eigenvalue weighted by molar-refractivity contribution is -0.162. The molecule has 0 saturated heterocycles. The molecule has 0 bridgehead atoms. The molecule has 0 fully saturated rings. The average molecular weight is 418 g/mol. The van der Waals surface area contributed by atoms with E-state index in [1.54, 1.807) is 13.0 Å². The van der Waals surface area contributed by atoms with Crippen molar-refractivity contribution in [3.63, 3.8) is 0 Å². The summed E-state index contributed by atoms with van der Waals surface area (Å²) in [5, 5.41) is 0. The molecule has 0 radical (unpaired) electrons. The molecule has 2 rings (SSSR count). The summed E-state index contributed by atoms with van der Waals surface area (Å²) in [5.41, 5.74) is 1.64. The van der Waals surface area contributed by atoms with Crippen LogP contribution in [0.15, 0.2) is 45.9 Å².